The second kappa shape index (κ2) is 5.71. The summed E-state index contributed by atoms with van der Waals surface area (Å²) < 4.78 is 11.3. The first-order chi connectivity index (χ1) is 9.72. The Bertz CT molecular complexity index is 484. The maximum atomic E-state index is 12.2. The van der Waals surface area contributed by atoms with Crippen molar-refractivity contribution in [2.75, 3.05) is 26.7 Å². The first-order valence-electron chi connectivity index (χ1n) is 7.10. The Labute approximate surface area is 118 Å². The van der Waals surface area contributed by atoms with Crippen molar-refractivity contribution in [3.05, 3.63) is 24.3 Å². The van der Waals surface area contributed by atoms with Crippen LogP contribution in [0.3, 0.4) is 0 Å². The number of fused-ring (bicyclic) bond motifs is 1. The van der Waals surface area contributed by atoms with Gasteiger partial charge in [0.05, 0.1) is 0 Å². The minimum Gasteiger partial charge on any atom is -0.485 e. The summed E-state index contributed by atoms with van der Waals surface area (Å²) in [5.74, 6) is 1.27. The van der Waals surface area contributed by atoms with E-state index in [0.717, 1.165) is 25.9 Å². The fraction of sp³-hybridized carbons (Fsp3) is 0.533. The number of likely N-dealkylation sites (tertiary alicyclic amines) is 1. The molecular formula is C15H20N2O3. The van der Waals surface area contributed by atoms with Crippen molar-refractivity contribution >= 4 is 5.91 Å². The molecule has 2 aliphatic rings. The SMILES string of the molecule is CN1CCC(NC(=O)C2COc3ccccc3O2)CC1. The molecule has 1 amide bonds. The van der Waals surface area contributed by atoms with Crippen LogP contribution < -0.4 is 14.8 Å². The molecule has 5 nitrogen and oxygen atoms in total. The van der Waals surface area contributed by atoms with Gasteiger partial charge in [-0.15, -0.1) is 0 Å². The van der Waals surface area contributed by atoms with Crippen molar-refractivity contribution in [3.63, 3.8) is 0 Å². The van der Waals surface area contributed by atoms with Crippen molar-refractivity contribution < 1.29 is 14.3 Å². The van der Waals surface area contributed by atoms with Crippen molar-refractivity contribution in [2.24, 2.45) is 0 Å². The van der Waals surface area contributed by atoms with E-state index in [1.165, 1.54) is 0 Å². The second-order valence-electron chi connectivity index (χ2n) is 5.45. The Hall–Kier alpha value is -1.75. The number of carbonyl (C=O) groups excluding carboxylic acids is 1. The van der Waals surface area contributed by atoms with Gasteiger partial charge in [0.2, 0.25) is 6.10 Å². The van der Waals surface area contributed by atoms with E-state index < -0.39 is 6.10 Å². The molecule has 0 radical (unpaired) electrons. The number of nitrogens with one attached hydrogen (secondary N) is 1. The number of carbonyl (C=O) groups is 1. The Balaban J connectivity index is 1.56. The molecule has 3 rings (SSSR count). The van der Waals surface area contributed by atoms with Gasteiger partial charge in [-0.1, -0.05) is 12.1 Å². The summed E-state index contributed by atoms with van der Waals surface area (Å²) >= 11 is 0. The number of piperidine rings is 1. The van der Waals surface area contributed by atoms with E-state index in [9.17, 15) is 4.79 Å². The summed E-state index contributed by atoms with van der Waals surface area (Å²) in [6, 6.07) is 7.69. The van der Waals surface area contributed by atoms with Gasteiger partial charge in [0.25, 0.3) is 5.91 Å². The van der Waals surface area contributed by atoms with Gasteiger partial charge in [-0.3, -0.25) is 4.79 Å². The molecule has 0 spiro atoms. The summed E-state index contributed by atoms with van der Waals surface area (Å²) in [6.07, 6.45) is 1.43. The molecule has 2 heterocycles. The van der Waals surface area contributed by atoms with Crippen LogP contribution in [0.2, 0.25) is 0 Å². The van der Waals surface area contributed by atoms with E-state index in [-0.39, 0.29) is 18.6 Å². The lowest BCUT2D eigenvalue weighted by atomic mass is 10.1. The Morgan fingerprint density at radius 2 is 1.95 bits per heavy atom. The zero-order chi connectivity index (χ0) is 13.9. The van der Waals surface area contributed by atoms with Crippen molar-refractivity contribution in [1.29, 1.82) is 0 Å². The number of hydrogen-bond acceptors (Lipinski definition) is 4. The fourth-order valence-electron chi connectivity index (χ4n) is 2.60. The summed E-state index contributed by atoms with van der Waals surface area (Å²) in [4.78, 5) is 14.5. The molecule has 0 bridgehead atoms. The predicted molar refractivity (Wildman–Crippen MR) is 75.0 cm³/mol. The van der Waals surface area contributed by atoms with Crippen LogP contribution in [0.25, 0.3) is 0 Å². The highest BCUT2D eigenvalue weighted by molar-refractivity contribution is 5.82. The second-order valence-corrected chi connectivity index (χ2v) is 5.45. The van der Waals surface area contributed by atoms with Crippen LogP contribution in [-0.4, -0.2) is 49.7 Å². The smallest absolute Gasteiger partial charge is 0.264 e. The van der Waals surface area contributed by atoms with Gasteiger partial charge in [0.1, 0.15) is 6.61 Å². The molecule has 0 aromatic heterocycles. The molecular weight excluding hydrogens is 256 g/mol. The third-order valence-corrected chi connectivity index (χ3v) is 3.87. The molecule has 0 saturated carbocycles. The number of ether oxygens (including phenoxy) is 2. The molecule has 1 aromatic carbocycles. The average Bonchev–Trinajstić information content (AvgIpc) is 2.49. The van der Waals surface area contributed by atoms with E-state index in [1.54, 1.807) is 0 Å². The van der Waals surface area contributed by atoms with E-state index in [4.69, 9.17) is 9.47 Å². The maximum Gasteiger partial charge on any atom is 0.264 e. The summed E-state index contributed by atoms with van der Waals surface area (Å²) in [5, 5.41) is 3.07. The van der Waals surface area contributed by atoms with Crippen LogP contribution in [0.5, 0.6) is 11.5 Å². The first-order valence-corrected chi connectivity index (χ1v) is 7.10. The molecule has 2 aliphatic heterocycles. The number of para-hydroxylation sites is 2. The molecule has 108 valence electrons. The minimum atomic E-state index is -0.551. The summed E-state index contributed by atoms with van der Waals surface area (Å²) in [5.41, 5.74) is 0. The zero-order valence-corrected chi connectivity index (χ0v) is 11.7. The van der Waals surface area contributed by atoms with E-state index in [0.29, 0.717) is 11.5 Å². The van der Waals surface area contributed by atoms with Crippen LogP contribution in [0.15, 0.2) is 24.3 Å². The van der Waals surface area contributed by atoms with Crippen LogP contribution in [0, 0.1) is 0 Å². The fourth-order valence-corrected chi connectivity index (χ4v) is 2.60. The van der Waals surface area contributed by atoms with Gasteiger partial charge in [-0.25, -0.2) is 0 Å². The largest absolute Gasteiger partial charge is 0.485 e. The molecule has 1 fully saturated rings. The summed E-state index contributed by atoms with van der Waals surface area (Å²) in [7, 11) is 2.10. The van der Waals surface area contributed by atoms with Gasteiger partial charge in [-0.2, -0.15) is 0 Å². The lowest BCUT2D eigenvalue weighted by Gasteiger charge is -2.31. The minimum absolute atomic E-state index is 0.0749. The highest BCUT2D eigenvalue weighted by Gasteiger charge is 2.29. The Morgan fingerprint density at radius 1 is 1.25 bits per heavy atom. The number of hydrogen-bond donors (Lipinski definition) is 1. The molecule has 1 atom stereocenters. The van der Waals surface area contributed by atoms with Crippen LogP contribution in [-0.2, 0) is 4.79 Å². The molecule has 20 heavy (non-hydrogen) atoms. The van der Waals surface area contributed by atoms with Crippen LogP contribution in [0.1, 0.15) is 12.8 Å². The topological polar surface area (TPSA) is 50.8 Å². The van der Waals surface area contributed by atoms with Crippen molar-refractivity contribution in [1.82, 2.24) is 10.2 Å². The van der Waals surface area contributed by atoms with Gasteiger partial charge in [-0.05, 0) is 45.1 Å². The van der Waals surface area contributed by atoms with Gasteiger partial charge >= 0.3 is 0 Å². The third-order valence-electron chi connectivity index (χ3n) is 3.87. The Kier molecular flexibility index (Phi) is 3.78. The number of benzene rings is 1. The van der Waals surface area contributed by atoms with Crippen molar-refractivity contribution in [3.8, 4) is 11.5 Å². The van der Waals surface area contributed by atoms with Crippen LogP contribution in [0.4, 0.5) is 0 Å². The van der Waals surface area contributed by atoms with Crippen LogP contribution >= 0.6 is 0 Å². The standard InChI is InChI=1S/C15H20N2O3/c1-17-8-6-11(7-9-17)16-15(18)14-10-19-12-4-2-3-5-13(12)20-14/h2-5,11,14H,6-10H2,1H3,(H,16,18). The molecule has 1 N–H and O–H groups in total. The maximum absolute atomic E-state index is 12.2. The van der Waals surface area contributed by atoms with Gasteiger partial charge < -0.3 is 19.7 Å². The number of amides is 1. The molecule has 1 saturated heterocycles. The molecule has 5 heteroatoms. The van der Waals surface area contributed by atoms with E-state index in [1.807, 2.05) is 24.3 Å². The molecule has 1 aromatic rings. The van der Waals surface area contributed by atoms with Crippen molar-refractivity contribution in [2.45, 2.75) is 25.0 Å². The molecule has 1 unspecified atom stereocenters. The van der Waals surface area contributed by atoms with E-state index in [2.05, 4.69) is 17.3 Å². The lowest BCUT2D eigenvalue weighted by Crippen LogP contribution is -2.50. The summed E-state index contributed by atoms with van der Waals surface area (Å²) in [6.45, 7) is 2.32. The zero-order valence-electron chi connectivity index (χ0n) is 11.7. The third kappa shape index (κ3) is 2.88. The number of rotatable bonds is 2. The lowest BCUT2D eigenvalue weighted by molar-refractivity contribution is -0.131. The Morgan fingerprint density at radius 3 is 2.70 bits per heavy atom. The first kappa shape index (κ1) is 13.2. The normalized spacial score (nSPS) is 23.4. The predicted octanol–water partition coefficient (Wildman–Crippen LogP) is 1.04. The average molecular weight is 276 g/mol. The van der Waals surface area contributed by atoms with Gasteiger partial charge in [0, 0.05) is 6.04 Å². The highest BCUT2D eigenvalue weighted by atomic mass is 16.6. The van der Waals surface area contributed by atoms with E-state index >= 15 is 0 Å². The van der Waals surface area contributed by atoms with Gasteiger partial charge in [0.15, 0.2) is 11.5 Å². The monoisotopic (exact) mass is 276 g/mol. The quantitative estimate of drug-likeness (QED) is 0.877. The number of nitrogens with zero attached hydrogens (tertiary/aromatic N) is 1. The molecule has 0 aliphatic carbocycles. The highest BCUT2D eigenvalue weighted by Crippen LogP contribution is 2.30.